The molecule has 1 N–H and O–H groups in total. The van der Waals surface area contributed by atoms with Gasteiger partial charge in [-0.1, -0.05) is 0 Å². The first kappa shape index (κ1) is 17.3. The number of carboxylic acid groups (broad SMARTS) is 1. The Morgan fingerprint density at radius 1 is 1.29 bits per heavy atom. The van der Waals surface area contributed by atoms with Crippen LogP contribution in [0.1, 0.15) is 16.8 Å². The zero-order chi connectivity index (χ0) is 16.4. The van der Waals surface area contributed by atoms with Crippen molar-refractivity contribution in [2.45, 2.75) is 24.8 Å². The number of rotatable bonds is 4. The van der Waals surface area contributed by atoms with E-state index in [1.807, 2.05) is 0 Å². The lowest BCUT2D eigenvalue weighted by atomic mass is 10.1. The van der Waals surface area contributed by atoms with E-state index in [-0.39, 0.29) is 6.07 Å². The lowest BCUT2D eigenvalue weighted by Gasteiger charge is -2.16. The summed E-state index contributed by atoms with van der Waals surface area (Å²) in [6.45, 7) is 0. The van der Waals surface area contributed by atoms with Crippen LogP contribution < -0.4 is 4.74 Å². The fraction of sp³-hybridized carbons (Fsp3) is 0.400. The fourth-order valence-electron chi connectivity index (χ4n) is 1.46. The zero-order valence-corrected chi connectivity index (χ0v) is 10.6. The molecule has 0 fully saturated rings. The predicted molar refractivity (Wildman–Crippen MR) is 56.8 cm³/mol. The lowest BCUT2D eigenvalue weighted by Crippen LogP contribution is -2.21. The largest absolute Gasteiger partial charge is 0.574 e. The molecule has 0 radical (unpaired) electrons. The number of hydrogen-bond acceptors (Lipinski definition) is 3. The Hall–Kier alpha value is -1.71. The number of ether oxygens (including phenoxy) is 1. The quantitative estimate of drug-likeness (QED) is 0.676. The Morgan fingerprint density at radius 3 is 2.24 bits per heavy atom. The summed E-state index contributed by atoms with van der Waals surface area (Å²) in [7, 11) is 0. The van der Waals surface area contributed by atoms with E-state index in [0.29, 0.717) is 0 Å². The minimum atomic E-state index is -5.27. The summed E-state index contributed by atoms with van der Waals surface area (Å²) in [5.74, 6) is -3.75. The van der Waals surface area contributed by atoms with Crippen LogP contribution in [0.4, 0.5) is 26.3 Å². The number of carboxylic acids is 1. The standard InChI is InChI=1S/C10H6ClF6NO3/c11-3-4-5(9(12,13)14)1-7(21-10(15,16)17)18-6(4)2-8(19)20/h1H,2-3H2,(H,19,20). The minimum absolute atomic E-state index is 0.0244. The summed E-state index contributed by atoms with van der Waals surface area (Å²) in [6, 6.07) is 0.0244. The van der Waals surface area contributed by atoms with Gasteiger partial charge >= 0.3 is 18.5 Å². The van der Waals surface area contributed by atoms with Crippen molar-refractivity contribution < 1.29 is 41.0 Å². The summed E-state index contributed by atoms with van der Waals surface area (Å²) < 4.78 is 77.9. The van der Waals surface area contributed by atoms with Crippen molar-refractivity contribution in [2.75, 3.05) is 0 Å². The first-order chi connectivity index (χ1) is 9.44. The highest BCUT2D eigenvalue weighted by molar-refractivity contribution is 6.17. The van der Waals surface area contributed by atoms with E-state index in [4.69, 9.17) is 16.7 Å². The number of nitrogens with zero attached hydrogens (tertiary/aromatic N) is 1. The number of pyridine rings is 1. The molecule has 1 heterocycles. The average molecular weight is 338 g/mol. The Bertz CT molecular complexity index is 543. The number of carbonyl (C=O) groups is 1. The van der Waals surface area contributed by atoms with Crippen LogP contribution >= 0.6 is 11.6 Å². The van der Waals surface area contributed by atoms with Crippen LogP contribution in [0, 0.1) is 0 Å². The molecule has 0 aromatic carbocycles. The smallest absolute Gasteiger partial charge is 0.481 e. The normalized spacial score (nSPS) is 12.3. The molecule has 0 aliphatic carbocycles. The molecule has 0 atom stereocenters. The van der Waals surface area contributed by atoms with Crippen LogP contribution in [0.2, 0.25) is 0 Å². The first-order valence-electron chi connectivity index (χ1n) is 5.07. The maximum Gasteiger partial charge on any atom is 0.574 e. The third-order valence-electron chi connectivity index (χ3n) is 2.16. The van der Waals surface area contributed by atoms with Gasteiger partial charge in [-0.25, -0.2) is 4.98 Å². The van der Waals surface area contributed by atoms with Gasteiger partial charge in [-0.05, 0) is 0 Å². The van der Waals surface area contributed by atoms with Crippen LogP contribution in [0.5, 0.6) is 5.88 Å². The van der Waals surface area contributed by atoms with E-state index in [9.17, 15) is 31.1 Å². The Kier molecular flexibility index (Phi) is 4.92. The molecular weight excluding hydrogens is 332 g/mol. The van der Waals surface area contributed by atoms with Crippen LogP contribution in [0.15, 0.2) is 6.07 Å². The molecule has 0 unspecified atom stereocenters. The monoisotopic (exact) mass is 337 g/mol. The maximum atomic E-state index is 12.8. The number of aliphatic carboxylic acids is 1. The van der Waals surface area contributed by atoms with Crippen LogP contribution in [0.25, 0.3) is 0 Å². The van der Waals surface area contributed by atoms with Gasteiger partial charge in [0.25, 0.3) is 0 Å². The number of hydrogen-bond donors (Lipinski definition) is 1. The van der Waals surface area contributed by atoms with Gasteiger partial charge in [0.15, 0.2) is 0 Å². The van der Waals surface area contributed by atoms with Gasteiger partial charge in [0.05, 0.1) is 17.7 Å². The molecule has 0 bridgehead atoms. The van der Waals surface area contributed by atoms with Gasteiger partial charge < -0.3 is 9.84 Å². The van der Waals surface area contributed by atoms with Crippen molar-refractivity contribution >= 4 is 17.6 Å². The van der Waals surface area contributed by atoms with Crippen LogP contribution in [0.3, 0.4) is 0 Å². The highest BCUT2D eigenvalue weighted by Gasteiger charge is 2.38. The van der Waals surface area contributed by atoms with E-state index in [1.165, 1.54) is 0 Å². The Morgan fingerprint density at radius 2 is 1.86 bits per heavy atom. The van der Waals surface area contributed by atoms with Crippen molar-refractivity contribution in [3.63, 3.8) is 0 Å². The number of halogens is 7. The van der Waals surface area contributed by atoms with Gasteiger partial charge in [-0.15, -0.1) is 24.8 Å². The molecule has 1 rings (SSSR count). The predicted octanol–water partition coefficient (Wildman–Crippen LogP) is 3.36. The molecule has 1 aromatic rings. The average Bonchev–Trinajstić information content (AvgIpc) is 2.23. The van der Waals surface area contributed by atoms with E-state index in [1.54, 1.807) is 0 Å². The SMILES string of the molecule is O=C(O)Cc1nc(OC(F)(F)F)cc(C(F)(F)F)c1CCl. The van der Waals surface area contributed by atoms with E-state index >= 15 is 0 Å². The molecule has 4 nitrogen and oxygen atoms in total. The van der Waals surface area contributed by atoms with E-state index in [0.717, 1.165) is 0 Å². The van der Waals surface area contributed by atoms with Crippen molar-refractivity contribution in [1.82, 2.24) is 4.98 Å². The van der Waals surface area contributed by atoms with Gasteiger partial charge in [0.1, 0.15) is 0 Å². The Balaban J connectivity index is 3.46. The minimum Gasteiger partial charge on any atom is -0.481 e. The zero-order valence-electron chi connectivity index (χ0n) is 9.85. The molecule has 0 saturated heterocycles. The van der Waals surface area contributed by atoms with Gasteiger partial charge in [-0.2, -0.15) is 13.2 Å². The summed E-state index contributed by atoms with van der Waals surface area (Å²) in [6.07, 6.45) is -11.3. The third kappa shape index (κ3) is 4.96. The second kappa shape index (κ2) is 5.96. The second-order valence-corrected chi connectivity index (χ2v) is 3.95. The van der Waals surface area contributed by atoms with Gasteiger partial charge in [0.2, 0.25) is 5.88 Å². The van der Waals surface area contributed by atoms with Crippen LogP contribution in [-0.2, 0) is 23.3 Å². The molecule has 21 heavy (non-hydrogen) atoms. The number of aromatic nitrogens is 1. The Labute approximate surface area is 118 Å². The molecule has 0 saturated carbocycles. The van der Waals surface area contributed by atoms with Gasteiger partial charge in [0, 0.05) is 17.5 Å². The van der Waals surface area contributed by atoms with Crippen LogP contribution in [-0.4, -0.2) is 22.4 Å². The molecule has 11 heteroatoms. The molecule has 118 valence electrons. The molecular formula is C10H6ClF6NO3. The maximum absolute atomic E-state index is 12.8. The number of alkyl halides is 7. The molecule has 0 spiro atoms. The summed E-state index contributed by atoms with van der Waals surface area (Å²) >= 11 is 5.32. The van der Waals surface area contributed by atoms with E-state index < -0.39 is 53.5 Å². The summed E-state index contributed by atoms with van der Waals surface area (Å²) in [5.41, 5.74) is -2.98. The summed E-state index contributed by atoms with van der Waals surface area (Å²) in [5, 5.41) is 8.58. The van der Waals surface area contributed by atoms with Crippen molar-refractivity contribution in [3.05, 3.63) is 22.9 Å². The van der Waals surface area contributed by atoms with Crippen molar-refractivity contribution in [2.24, 2.45) is 0 Å². The van der Waals surface area contributed by atoms with Crippen molar-refractivity contribution in [1.29, 1.82) is 0 Å². The second-order valence-electron chi connectivity index (χ2n) is 3.68. The highest BCUT2D eigenvalue weighted by atomic mass is 35.5. The highest BCUT2D eigenvalue weighted by Crippen LogP contribution is 2.37. The summed E-state index contributed by atoms with van der Waals surface area (Å²) in [4.78, 5) is 13.7. The topological polar surface area (TPSA) is 59.4 Å². The third-order valence-corrected chi connectivity index (χ3v) is 2.43. The molecule has 0 aliphatic rings. The molecule has 1 aromatic heterocycles. The molecule has 0 amide bonds. The van der Waals surface area contributed by atoms with E-state index in [2.05, 4.69) is 9.72 Å². The first-order valence-corrected chi connectivity index (χ1v) is 5.61. The van der Waals surface area contributed by atoms with Gasteiger partial charge in [-0.3, -0.25) is 4.79 Å². The van der Waals surface area contributed by atoms with Crippen molar-refractivity contribution in [3.8, 4) is 5.88 Å². The lowest BCUT2D eigenvalue weighted by molar-refractivity contribution is -0.276. The fourth-order valence-corrected chi connectivity index (χ4v) is 1.76. The molecule has 0 aliphatic heterocycles.